The summed E-state index contributed by atoms with van der Waals surface area (Å²) in [5.74, 6) is 0. The highest BCUT2D eigenvalue weighted by molar-refractivity contribution is 7.55. The van der Waals surface area contributed by atoms with E-state index in [0.29, 0.717) is 0 Å². The third-order valence-corrected chi connectivity index (χ3v) is 1.54. The van der Waals surface area contributed by atoms with Gasteiger partial charge < -0.3 is 4.89 Å². The molecule has 0 rings (SSSR count). The molecule has 0 aliphatic rings. The summed E-state index contributed by atoms with van der Waals surface area (Å²) in [6.07, 6.45) is -1.75. The Bertz CT molecular complexity index is 110. The van der Waals surface area contributed by atoms with Crippen LogP contribution < -0.4 is 5.50 Å². The Morgan fingerprint density at radius 2 is 2.38 bits per heavy atom. The van der Waals surface area contributed by atoms with Crippen molar-refractivity contribution >= 4 is 7.52 Å². The van der Waals surface area contributed by atoms with Crippen molar-refractivity contribution in [3.8, 4) is 0 Å². The van der Waals surface area contributed by atoms with Crippen molar-refractivity contribution in [2.75, 3.05) is 6.16 Å². The lowest BCUT2D eigenvalue weighted by Crippen LogP contribution is -2.06. The largest absolute Gasteiger partial charge is 0.333 e. The van der Waals surface area contributed by atoms with Crippen LogP contribution in [0.2, 0.25) is 0 Å². The molecular formula is C3H9FNO2P. The molecule has 0 saturated heterocycles. The Morgan fingerprint density at radius 3 is 2.38 bits per heavy atom. The molecule has 0 heterocycles. The molecule has 0 bridgehead atoms. The second kappa shape index (κ2) is 2.58. The van der Waals surface area contributed by atoms with E-state index in [0.717, 1.165) is 0 Å². The number of rotatable bonds is 2. The van der Waals surface area contributed by atoms with Crippen molar-refractivity contribution in [2.24, 2.45) is 5.50 Å². The van der Waals surface area contributed by atoms with Crippen LogP contribution in [0.5, 0.6) is 0 Å². The Kier molecular flexibility index (Phi) is 2.60. The van der Waals surface area contributed by atoms with Crippen molar-refractivity contribution in [3.63, 3.8) is 0 Å². The Labute approximate surface area is 47.2 Å². The first-order valence-corrected chi connectivity index (χ1v) is 4.07. The molecule has 3 nitrogen and oxygen atoms in total. The zero-order valence-electron chi connectivity index (χ0n) is 4.54. The number of hydrogen-bond acceptors (Lipinski definition) is 1. The van der Waals surface area contributed by atoms with Crippen molar-refractivity contribution in [1.82, 2.24) is 0 Å². The smallest absolute Gasteiger partial charge is 0.267 e. The average molecular weight is 141 g/mol. The number of hydrogen-bond donors (Lipinski definition) is 2. The molecule has 5 heteroatoms. The van der Waals surface area contributed by atoms with E-state index in [1.165, 1.54) is 6.92 Å². The summed E-state index contributed by atoms with van der Waals surface area (Å²) in [4.78, 5) is 8.28. The van der Waals surface area contributed by atoms with Crippen molar-refractivity contribution < 1.29 is 13.8 Å². The molecule has 0 aromatic rings. The Balaban J connectivity index is 3.56. The molecule has 0 aliphatic carbocycles. The highest BCUT2D eigenvalue weighted by Crippen LogP contribution is 2.30. The fraction of sp³-hybridized carbons (Fsp3) is 1.00. The van der Waals surface area contributed by atoms with Crippen molar-refractivity contribution in [1.29, 1.82) is 0 Å². The highest BCUT2D eigenvalue weighted by atomic mass is 31.2. The van der Waals surface area contributed by atoms with Gasteiger partial charge in [0.25, 0.3) is 7.52 Å². The molecule has 0 aromatic carbocycles. The second-order valence-corrected chi connectivity index (χ2v) is 3.60. The molecule has 0 aromatic heterocycles. The first-order valence-electron chi connectivity index (χ1n) is 2.16. The molecule has 0 spiro atoms. The van der Waals surface area contributed by atoms with Crippen LogP contribution in [0.3, 0.4) is 0 Å². The predicted octanol–water partition coefficient (Wildman–Crippen LogP) is 0.488. The minimum Gasteiger partial charge on any atom is -0.333 e. The molecular weight excluding hydrogens is 132 g/mol. The number of nitrogens with two attached hydrogens (primary N) is 1. The van der Waals surface area contributed by atoms with Gasteiger partial charge in [-0.15, -0.1) is 0 Å². The fourth-order valence-electron chi connectivity index (χ4n) is 0.360. The van der Waals surface area contributed by atoms with Crippen LogP contribution >= 0.6 is 7.52 Å². The third kappa shape index (κ3) is 6.08. The minimum atomic E-state index is -3.60. The lowest BCUT2D eigenvalue weighted by molar-refractivity contribution is 0.377. The zero-order valence-corrected chi connectivity index (χ0v) is 5.44. The lowest BCUT2D eigenvalue weighted by Gasteiger charge is -2.03. The molecule has 0 aliphatic heterocycles. The molecule has 50 valence electrons. The van der Waals surface area contributed by atoms with Gasteiger partial charge >= 0.3 is 0 Å². The first kappa shape index (κ1) is 8.08. The predicted molar refractivity (Wildman–Crippen MR) is 29.4 cm³/mol. The van der Waals surface area contributed by atoms with Gasteiger partial charge in [0.2, 0.25) is 0 Å². The van der Waals surface area contributed by atoms with Gasteiger partial charge in [-0.1, -0.05) is 0 Å². The standard InChI is InChI=1S/C3H9FNO2P/c1-3(4)2-8(5,6)7/h3H,2H2,1H3,(H3,5,6,7). The SMILES string of the molecule is CC(F)CP(N)(=O)O. The van der Waals surface area contributed by atoms with E-state index in [1.54, 1.807) is 0 Å². The first-order chi connectivity index (χ1) is 3.42. The van der Waals surface area contributed by atoms with Gasteiger partial charge in [-0.3, -0.25) is 10.1 Å². The summed E-state index contributed by atoms with van der Waals surface area (Å²) in [7, 11) is -3.60. The Morgan fingerprint density at radius 1 is 2.00 bits per heavy atom. The average Bonchev–Trinajstić information content (AvgIpc) is 1.21. The van der Waals surface area contributed by atoms with E-state index < -0.39 is 19.9 Å². The summed E-state index contributed by atoms with van der Waals surface area (Å²) in [6, 6.07) is 0. The van der Waals surface area contributed by atoms with Gasteiger partial charge in [0.1, 0.15) is 6.17 Å². The summed E-state index contributed by atoms with van der Waals surface area (Å²) in [5, 5.41) is 0. The van der Waals surface area contributed by atoms with Gasteiger partial charge in [0, 0.05) is 0 Å². The normalized spacial score (nSPS) is 22.0. The quantitative estimate of drug-likeness (QED) is 0.550. The monoisotopic (exact) mass is 141 g/mol. The van der Waals surface area contributed by atoms with Crippen molar-refractivity contribution in [2.45, 2.75) is 13.1 Å². The number of alkyl halides is 1. The topological polar surface area (TPSA) is 63.3 Å². The van der Waals surface area contributed by atoms with E-state index >= 15 is 0 Å². The molecule has 0 radical (unpaired) electrons. The van der Waals surface area contributed by atoms with E-state index in [1.807, 2.05) is 0 Å². The maximum absolute atomic E-state index is 11.8. The summed E-state index contributed by atoms with van der Waals surface area (Å²) < 4.78 is 21.9. The summed E-state index contributed by atoms with van der Waals surface area (Å²) in [5.41, 5.74) is 4.61. The Hall–Kier alpha value is 0.0800. The van der Waals surface area contributed by atoms with E-state index in [4.69, 9.17) is 4.89 Å². The maximum Gasteiger partial charge on any atom is 0.267 e. The molecule has 0 amide bonds. The van der Waals surface area contributed by atoms with Crippen molar-refractivity contribution in [3.05, 3.63) is 0 Å². The fourth-order valence-corrected chi connectivity index (χ4v) is 1.08. The van der Waals surface area contributed by atoms with E-state index in [9.17, 15) is 8.96 Å². The zero-order chi connectivity index (χ0) is 6.78. The number of halogens is 1. The molecule has 2 unspecified atom stereocenters. The summed E-state index contributed by atoms with van der Waals surface area (Å²) in [6.45, 7) is 1.19. The molecule has 2 atom stereocenters. The minimum absolute atomic E-state index is 0.451. The van der Waals surface area contributed by atoms with Crippen LogP contribution in [0.25, 0.3) is 0 Å². The van der Waals surface area contributed by atoms with Crippen LogP contribution in [0.1, 0.15) is 6.92 Å². The maximum atomic E-state index is 11.8. The van der Waals surface area contributed by atoms with Crippen LogP contribution in [0.15, 0.2) is 0 Å². The van der Waals surface area contributed by atoms with Gasteiger partial charge in [-0.05, 0) is 6.92 Å². The lowest BCUT2D eigenvalue weighted by atomic mass is 10.5. The molecule has 0 saturated carbocycles. The van der Waals surface area contributed by atoms with Crippen LogP contribution in [0, 0.1) is 0 Å². The molecule has 3 N–H and O–H groups in total. The van der Waals surface area contributed by atoms with Crippen LogP contribution in [-0.4, -0.2) is 17.2 Å². The third-order valence-electron chi connectivity index (χ3n) is 0.513. The van der Waals surface area contributed by atoms with Gasteiger partial charge in [0.05, 0.1) is 6.16 Å². The second-order valence-electron chi connectivity index (χ2n) is 1.72. The van der Waals surface area contributed by atoms with Crippen LogP contribution in [0.4, 0.5) is 4.39 Å². The van der Waals surface area contributed by atoms with Gasteiger partial charge in [-0.25, -0.2) is 4.39 Å². The van der Waals surface area contributed by atoms with E-state index in [2.05, 4.69) is 5.50 Å². The summed E-state index contributed by atoms with van der Waals surface area (Å²) >= 11 is 0. The van der Waals surface area contributed by atoms with Gasteiger partial charge in [-0.2, -0.15) is 0 Å². The molecule has 0 fully saturated rings. The van der Waals surface area contributed by atoms with Crippen LogP contribution in [-0.2, 0) is 4.57 Å². The molecule has 8 heavy (non-hydrogen) atoms. The van der Waals surface area contributed by atoms with Gasteiger partial charge in [0.15, 0.2) is 0 Å². The highest BCUT2D eigenvalue weighted by Gasteiger charge is 2.14. The van der Waals surface area contributed by atoms with E-state index in [-0.39, 0.29) is 0 Å².